The first-order chi connectivity index (χ1) is 15.7. The Morgan fingerprint density at radius 2 is 2.06 bits per heavy atom. The summed E-state index contributed by atoms with van der Waals surface area (Å²) < 4.78 is 20.5. The second kappa shape index (κ2) is 7.57. The van der Waals surface area contributed by atoms with Crippen molar-refractivity contribution in [2.24, 2.45) is 7.05 Å². The molecule has 2 aliphatic rings. The Kier molecular flexibility index (Phi) is 4.54. The number of aromatic nitrogens is 6. The van der Waals surface area contributed by atoms with Gasteiger partial charge in [-0.2, -0.15) is 10.1 Å². The minimum Gasteiger partial charge on any atom is -0.497 e. The third kappa shape index (κ3) is 3.10. The van der Waals surface area contributed by atoms with Gasteiger partial charge in [0, 0.05) is 37.7 Å². The fourth-order valence-electron chi connectivity index (χ4n) is 4.48. The number of fused-ring (bicyclic) bond motifs is 5. The van der Waals surface area contributed by atoms with E-state index in [0.29, 0.717) is 30.4 Å². The van der Waals surface area contributed by atoms with E-state index in [0.717, 1.165) is 60.3 Å². The second-order valence-corrected chi connectivity index (χ2v) is 8.02. The average Bonchev–Trinajstić information content (AvgIpc) is 3.51. The number of rotatable bonds is 4. The number of hydrogen-bond acceptors (Lipinski definition) is 8. The lowest BCUT2D eigenvalue weighted by Gasteiger charge is -2.24. The maximum atomic E-state index is 5.64. The van der Waals surface area contributed by atoms with Gasteiger partial charge in [-0.15, -0.1) is 0 Å². The van der Waals surface area contributed by atoms with Crippen LogP contribution < -0.4 is 4.74 Å². The molecular weight excluding hydrogens is 410 g/mol. The third-order valence-electron chi connectivity index (χ3n) is 6.10. The van der Waals surface area contributed by atoms with Crippen LogP contribution in [0.5, 0.6) is 5.75 Å². The molecule has 0 radical (unpaired) electrons. The van der Waals surface area contributed by atoms with E-state index in [1.807, 2.05) is 42.5 Å². The molecule has 0 spiro atoms. The van der Waals surface area contributed by atoms with Crippen LogP contribution in [0.25, 0.3) is 28.5 Å². The van der Waals surface area contributed by atoms with E-state index in [2.05, 4.69) is 29.7 Å². The van der Waals surface area contributed by atoms with Gasteiger partial charge in [-0.05, 0) is 18.2 Å². The Bertz CT molecular complexity index is 1280. The normalized spacial score (nSPS) is 15.7. The SMILES string of the molecule is COc1ccc2c(c1)-c1c(cnn1C)Cc1c(-c3nc(CN4CCOCC4)no3)ncn1-2. The van der Waals surface area contributed by atoms with E-state index in [9.17, 15) is 0 Å². The van der Waals surface area contributed by atoms with Crippen LogP contribution in [0.4, 0.5) is 0 Å². The molecular formula is C22H23N7O3. The molecule has 1 fully saturated rings. The Hall–Kier alpha value is -3.50. The highest BCUT2D eigenvalue weighted by Gasteiger charge is 2.28. The van der Waals surface area contributed by atoms with Crippen LogP contribution in [-0.2, 0) is 24.8 Å². The molecule has 0 N–H and O–H groups in total. The van der Waals surface area contributed by atoms with Crippen LogP contribution in [0.2, 0.25) is 0 Å². The largest absolute Gasteiger partial charge is 0.497 e. The maximum Gasteiger partial charge on any atom is 0.278 e. The fourth-order valence-corrected chi connectivity index (χ4v) is 4.48. The van der Waals surface area contributed by atoms with Crippen molar-refractivity contribution in [3.8, 4) is 34.3 Å². The van der Waals surface area contributed by atoms with Crippen molar-refractivity contribution in [1.29, 1.82) is 0 Å². The zero-order chi connectivity index (χ0) is 21.7. The first kappa shape index (κ1) is 19.2. The first-order valence-corrected chi connectivity index (χ1v) is 10.6. The van der Waals surface area contributed by atoms with Gasteiger partial charge in [0.25, 0.3) is 5.89 Å². The number of hydrogen-bond donors (Lipinski definition) is 0. The van der Waals surface area contributed by atoms with Crippen molar-refractivity contribution < 1.29 is 14.0 Å². The number of benzene rings is 1. The molecule has 4 aromatic rings. The average molecular weight is 433 g/mol. The van der Waals surface area contributed by atoms with Gasteiger partial charge in [-0.25, -0.2) is 4.98 Å². The summed E-state index contributed by atoms with van der Waals surface area (Å²) in [5.41, 5.74) is 5.91. The Morgan fingerprint density at radius 3 is 2.91 bits per heavy atom. The minimum atomic E-state index is 0.435. The van der Waals surface area contributed by atoms with Crippen LogP contribution >= 0.6 is 0 Å². The fraction of sp³-hybridized carbons (Fsp3) is 0.364. The van der Waals surface area contributed by atoms with Crippen LogP contribution in [-0.4, -0.2) is 67.8 Å². The van der Waals surface area contributed by atoms with Gasteiger partial charge in [0.05, 0.1) is 50.1 Å². The molecule has 5 heterocycles. The summed E-state index contributed by atoms with van der Waals surface area (Å²) in [4.78, 5) is 11.6. The predicted molar refractivity (Wildman–Crippen MR) is 115 cm³/mol. The van der Waals surface area contributed by atoms with Crippen LogP contribution in [0.1, 0.15) is 17.1 Å². The molecule has 2 aliphatic heterocycles. The summed E-state index contributed by atoms with van der Waals surface area (Å²) in [6, 6.07) is 6.04. The molecule has 0 atom stereocenters. The maximum absolute atomic E-state index is 5.64. The lowest BCUT2D eigenvalue weighted by Crippen LogP contribution is -2.35. The Balaban J connectivity index is 1.42. The molecule has 3 aromatic heterocycles. The van der Waals surface area contributed by atoms with Gasteiger partial charge in [0.15, 0.2) is 11.5 Å². The number of ether oxygens (including phenoxy) is 2. The molecule has 10 nitrogen and oxygen atoms in total. The van der Waals surface area contributed by atoms with E-state index >= 15 is 0 Å². The van der Waals surface area contributed by atoms with E-state index in [1.165, 1.54) is 0 Å². The first-order valence-electron chi connectivity index (χ1n) is 10.6. The zero-order valence-corrected chi connectivity index (χ0v) is 18.0. The summed E-state index contributed by atoms with van der Waals surface area (Å²) in [7, 11) is 3.63. The van der Waals surface area contributed by atoms with Gasteiger partial charge in [0.1, 0.15) is 12.1 Å². The van der Waals surface area contributed by atoms with E-state index in [1.54, 1.807) is 7.11 Å². The Labute approximate surface area is 184 Å². The van der Waals surface area contributed by atoms with Crippen molar-refractivity contribution in [3.05, 3.63) is 47.8 Å². The van der Waals surface area contributed by atoms with E-state index in [4.69, 9.17) is 14.0 Å². The zero-order valence-electron chi connectivity index (χ0n) is 18.0. The van der Waals surface area contributed by atoms with Gasteiger partial charge in [-0.3, -0.25) is 9.58 Å². The summed E-state index contributed by atoms with van der Waals surface area (Å²) in [5.74, 6) is 1.89. The van der Waals surface area contributed by atoms with Crippen molar-refractivity contribution in [2.75, 3.05) is 33.4 Å². The smallest absolute Gasteiger partial charge is 0.278 e. The molecule has 6 rings (SSSR count). The molecule has 164 valence electrons. The summed E-state index contributed by atoms with van der Waals surface area (Å²) in [6.45, 7) is 3.84. The Morgan fingerprint density at radius 1 is 1.19 bits per heavy atom. The van der Waals surface area contributed by atoms with E-state index in [-0.39, 0.29) is 0 Å². The second-order valence-electron chi connectivity index (χ2n) is 8.02. The van der Waals surface area contributed by atoms with Gasteiger partial charge in [-0.1, -0.05) is 5.16 Å². The summed E-state index contributed by atoms with van der Waals surface area (Å²) in [5, 5.41) is 8.71. The number of aryl methyl sites for hydroxylation is 1. The lowest BCUT2D eigenvalue weighted by molar-refractivity contribution is 0.0327. The standard InChI is InChI=1S/C22H23N7O3/c1-27-21-14(11-24-27)9-18-20(22-25-19(26-32-22)12-28-5-7-31-8-6-28)23-13-29(18)17-4-3-15(30-2)10-16(17)21/h3-4,10-11,13H,5-9,12H2,1-2H3. The van der Waals surface area contributed by atoms with Gasteiger partial charge < -0.3 is 18.6 Å². The number of morpholine rings is 1. The van der Waals surface area contributed by atoms with Crippen LogP contribution in [0.15, 0.2) is 35.2 Å². The van der Waals surface area contributed by atoms with Crippen molar-refractivity contribution in [2.45, 2.75) is 13.0 Å². The molecule has 0 aliphatic carbocycles. The highest BCUT2D eigenvalue weighted by atomic mass is 16.5. The highest BCUT2D eigenvalue weighted by molar-refractivity contribution is 5.77. The van der Waals surface area contributed by atoms with Gasteiger partial charge in [0.2, 0.25) is 0 Å². The molecule has 32 heavy (non-hydrogen) atoms. The molecule has 0 unspecified atom stereocenters. The quantitative estimate of drug-likeness (QED) is 0.425. The summed E-state index contributed by atoms with van der Waals surface area (Å²) in [6.07, 6.45) is 4.38. The number of methoxy groups -OCH3 is 1. The van der Waals surface area contributed by atoms with Crippen molar-refractivity contribution >= 4 is 0 Å². The molecule has 10 heteroatoms. The van der Waals surface area contributed by atoms with Crippen LogP contribution in [0, 0.1) is 0 Å². The minimum absolute atomic E-state index is 0.435. The molecule has 1 saturated heterocycles. The number of nitrogens with zero attached hydrogens (tertiary/aromatic N) is 7. The molecule has 0 amide bonds. The monoisotopic (exact) mass is 433 g/mol. The lowest BCUT2D eigenvalue weighted by atomic mass is 10.0. The highest BCUT2D eigenvalue weighted by Crippen LogP contribution is 2.39. The molecule has 1 aromatic carbocycles. The van der Waals surface area contributed by atoms with Gasteiger partial charge >= 0.3 is 0 Å². The number of imidazole rings is 1. The van der Waals surface area contributed by atoms with Crippen LogP contribution in [0.3, 0.4) is 0 Å². The van der Waals surface area contributed by atoms with E-state index < -0.39 is 0 Å². The molecule has 0 bridgehead atoms. The predicted octanol–water partition coefficient (Wildman–Crippen LogP) is 2.07. The third-order valence-corrected chi connectivity index (χ3v) is 6.10. The topological polar surface area (TPSA) is 96.3 Å². The molecule has 0 saturated carbocycles. The van der Waals surface area contributed by atoms with Crippen molar-refractivity contribution in [1.82, 2.24) is 34.4 Å². The van der Waals surface area contributed by atoms with Crippen molar-refractivity contribution in [3.63, 3.8) is 0 Å². The summed E-state index contributed by atoms with van der Waals surface area (Å²) >= 11 is 0.